The molecule has 146 valence electrons. The molecular formula is C21H22ClN3O3. The Hall–Kier alpha value is -2.86. The van der Waals surface area contributed by atoms with Gasteiger partial charge in [0.25, 0.3) is 5.91 Å². The van der Waals surface area contributed by atoms with Gasteiger partial charge in [0.1, 0.15) is 12.1 Å². The lowest BCUT2D eigenvalue weighted by molar-refractivity contribution is -0.135. The zero-order chi connectivity index (χ0) is 20.5. The van der Waals surface area contributed by atoms with E-state index in [2.05, 4.69) is 10.6 Å². The number of rotatable bonds is 5. The van der Waals surface area contributed by atoms with Crippen molar-refractivity contribution in [1.82, 2.24) is 15.5 Å². The Morgan fingerprint density at radius 3 is 2.36 bits per heavy atom. The Balaban J connectivity index is 1.69. The van der Waals surface area contributed by atoms with Crippen molar-refractivity contribution in [1.29, 1.82) is 0 Å². The van der Waals surface area contributed by atoms with Crippen LogP contribution in [0.25, 0.3) is 0 Å². The maximum atomic E-state index is 12.9. The first-order chi connectivity index (χ1) is 13.2. The normalized spacial score (nSPS) is 20.1. The van der Waals surface area contributed by atoms with Crippen molar-refractivity contribution >= 4 is 29.4 Å². The third kappa shape index (κ3) is 3.87. The summed E-state index contributed by atoms with van der Waals surface area (Å²) < 4.78 is 0. The van der Waals surface area contributed by atoms with Gasteiger partial charge in [0.2, 0.25) is 5.91 Å². The first-order valence-electron chi connectivity index (χ1n) is 8.97. The summed E-state index contributed by atoms with van der Waals surface area (Å²) in [4.78, 5) is 38.6. The van der Waals surface area contributed by atoms with Crippen LogP contribution in [0.4, 0.5) is 4.79 Å². The summed E-state index contributed by atoms with van der Waals surface area (Å²) in [6.07, 6.45) is 0. The van der Waals surface area contributed by atoms with Gasteiger partial charge < -0.3 is 10.6 Å². The number of nitrogens with one attached hydrogen (secondary N) is 2. The Labute approximate surface area is 168 Å². The van der Waals surface area contributed by atoms with E-state index in [0.29, 0.717) is 10.6 Å². The number of halogens is 1. The van der Waals surface area contributed by atoms with Gasteiger partial charge in [-0.3, -0.25) is 14.5 Å². The number of imide groups is 1. The molecule has 0 saturated carbocycles. The number of carbonyl (C=O) groups excluding carboxylic acids is 3. The molecule has 0 radical (unpaired) electrons. The van der Waals surface area contributed by atoms with E-state index in [-0.39, 0.29) is 12.6 Å². The fraction of sp³-hybridized carbons (Fsp3) is 0.286. The maximum Gasteiger partial charge on any atom is 0.325 e. The van der Waals surface area contributed by atoms with Gasteiger partial charge in [0.05, 0.1) is 6.04 Å². The second-order valence-electron chi connectivity index (χ2n) is 7.15. The molecule has 7 heteroatoms. The standard InChI is InChI=1S/C21H22ClN3O3/c1-13-4-8-16(9-5-13)21(3)19(27)25(20(28)24-21)12-18(26)23-14(2)15-6-10-17(22)11-7-15/h4-11,14H,12H2,1-3H3,(H,23,26)(H,24,28)/t14-,21-/m0/s1. The molecule has 0 bridgehead atoms. The van der Waals surface area contributed by atoms with Crippen molar-refractivity contribution in [3.05, 3.63) is 70.2 Å². The molecule has 0 spiro atoms. The van der Waals surface area contributed by atoms with Gasteiger partial charge in [-0.05, 0) is 44.0 Å². The molecule has 0 aliphatic carbocycles. The molecule has 2 aromatic carbocycles. The SMILES string of the molecule is Cc1ccc([C@]2(C)NC(=O)N(CC(=O)N[C@@H](C)c3ccc(Cl)cc3)C2=O)cc1. The van der Waals surface area contributed by atoms with Gasteiger partial charge in [0.15, 0.2) is 0 Å². The van der Waals surface area contributed by atoms with Gasteiger partial charge in [-0.15, -0.1) is 0 Å². The quantitative estimate of drug-likeness (QED) is 0.757. The van der Waals surface area contributed by atoms with E-state index in [4.69, 9.17) is 11.6 Å². The Morgan fingerprint density at radius 2 is 1.75 bits per heavy atom. The second kappa shape index (κ2) is 7.64. The third-order valence-corrected chi connectivity index (χ3v) is 5.21. The number of hydrogen-bond acceptors (Lipinski definition) is 3. The molecule has 4 amide bonds. The predicted molar refractivity (Wildman–Crippen MR) is 107 cm³/mol. The summed E-state index contributed by atoms with van der Waals surface area (Å²) >= 11 is 5.88. The second-order valence-corrected chi connectivity index (χ2v) is 7.59. The van der Waals surface area contributed by atoms with E-state index in [1.54, 1.807) is 31.2 Å². The molecule has 0 unspecified atom stereocenters. The van der Waals surface area contributed by atoms with Crippen LogP contribution in [0.3, 0.4) is 0 Å². The molecule has 0 aromatic heterocycles. The van der Waals surface area contributed by atoms with E-state index in [9.17, 15) is 14.4 Å². The maximum absolute atomic E-state index is 12.9. The number of benzene rings is 2. The molecule has 1 aliphatic rings. The zero-order valence-corrected chi connectivity index (χ0v) is 16.7. The van der Waals surface area contributed by atoms with E-state index >= 15 is 0 Å². The van der Waals surface area contributed by atoms with Gasteiger partial charge >= 0.3 is 6.03 Å². The van der Waals surface area contributed by atoms with Crippen molar-refractivity contribution in [2.45, 2.75) is 32.4 Å². The summed E-state index contributed by atoms with van der Waals surface area (Å²) in [6.45, 7) is 5.07. The molecule has 28 heavy (non-hydrogen) atoms. The first kappa shape index (κ1) is 19.9. The minimum Gasteiger partial charge on any atom is -0.348 e. The van der Waals surface area contributed by atoms with Crippen LogP contribution in [0.5, 0.6) is 0 Å². The minimum absolute atomic E-state index is 0.283. The highest BCUT2D eigenvalue weighted by Crippen LogP contribution is 2.29. The molecule has 6 nitrogen and oxygen atoms in total. The van der Waals surface area contributed by atoms with Crippen LogP contribution in [0.2, 0.25) is 5.02 Å². The zero-order valence-electron chi connectivity index (χ0n) is 16.0. The fourth-order valence-corrected chi connectivity index (χ4v) is 3.31. The van der Waals surface area contributed by atoms with Gasteiger partial charge in [0, 0.05) is 5.02 Å². The van der Waals surface area contributed by atoms with Crippen molar-refractivity contribution in [3.63, 3.8) is 0 Å². The number of amides is 4. The predicted octanol–water partition coefficient (Wildman–Crippen LogP) is 3.29. The van der Waals surface area contributed by atoms with E-state index in [1.165, 1.54) is 0 Å². The molecule has 2 N–H and O–H groups in total. The Kier molecular flexibility index (Phi) is 5.42. The molecule has 2 atom stereocenters. The largest absolute Gasteiger partial charge is 0.348 e. The van der Waals surface area contributed by atoms with Gasteiger partial charge in [-0.25, -0.2) is 4.79 Å². The number of aryl methyl sites for hydroxylation is 1. The van der Waals surface area contributed by atoms with Crippen LogP contribution in [0, 0.1) is 6.92 Å². The lowest BCUT2D eigenvalue weighted by Gasteiger charge is -2.22. The summed E-state index contributed by atoms with van der Waals surface area (Å²) in [7, 11) is 0. The molecule has 1 fully saturated rings. The molecule has 1 heterocycles. The third-order valence-electron chi connectivity index (χ3n) is 4.95. The number of hydrogen-bond donors (Lipinski definition) is 2. The average molecular weight is 400 g/mol. The van der Waals surface area contributed by atoms with Crippen molar-refractivity contribution in [2.75, 3.05) is 6.54 Å². The summed E-state index contributed by atoms with van der Waals surface area (Å²) in [5.74, 6) is -0.866. The number of urea groups is 1. The molecular weight excluding hydrogens is 378 g/mol. The summed E-state index contributed by atoms with van der Waals surface area (Å²) in [5.41, 5.74) is 1.41. The van der Waals surface area contributed by atoms with Crippen LogP contribution >= 0.6 is 11.6 Å². The lowest BCUT2D eigenvalue weighted by atomic mass is 9.91. The topological polar surface area (TPSA) is 78.5 Å². The van der Waals surface area contributed by atoms with Gasteiger partial charge in [-0.1, -0.05) is 53.6 Å². The van der Waals surface area contributed by atoms with Crippen molar-refractivity contribution in [3.8, 4) is 0 Å². The van der Waals surface area contributed by atoms with Crippen LogP contribution in [-0.2, 0) is 15.1 Å². The van der Waals surface area contributed by atoms with Gasteiger partial charge in [-0.2, -0.15) is 0 Å². The fourth-order valence-electron chi connectivity index (χ4n) is 3.19. The molecule has 1 saturated heterocycles. The van der Waals surface area contributed by atoms with Crippen molar-refractivity contribution in [2.24, 2.45) is 0 Å². The smallest absolute Gasteiger partial charge is 0.325 e. The summed E-state index contributed by atoms with van der Waals surface area (Å²) in [6, 6.07) is 13.6. The molecule has 3 rings (SSSR count). The minimum atomic E-state index is -1.19. The van der Waals surface area contributed by atoms with Crippen LogP contribution < -0.4 is 10.6 Å². The van der Waals surface area contributed by atoms with E-state index < -0.39 is 23.4 Å². The van der Waals surface area contributed by atoms with E-state index in [1.807, 2.05) is 38.1 Å². The molecule has 1 aliphatic heterocycles. The Bertz CT molecular complexity index is 911. The van der Waals surface area contributed by atoms with E-state index in [0.717, 1.165) is 16.0 Å². The highest BCUT2D eigenvalue weighted by atomic mass is 35.5. The monoisotopic (exact) mass is 399 g/mol. The average Bonchev–Trinajstić information content (AvgIpc) is 2.86. The number of nitrogens with zero attached hydrogens (tertiary/aromatic N) is 1. The first-order valence-corrected chi connectivity index (χ1v) is 9.34. The van der Waals surface area contributed by atoms with Crippen LogP contribution in [-0.4, -0.2) is 29.3 Å². The van der Waals surface area contributed by atoms with Crippen molar-refractivity contribution < 1.29 is 14.4 Å². The lowest BCUT2D eigenvalue weighted by Crippen LogP contribution is -2.43. The number of carbonyl (C=O) groups is 3. The highest BCUT2D eigenvalue weighted by Gasteiger charge is 2.49. The Morgan fingerprint density at radius 1 is 1.14 bits per heavy atom. The highest BCUT2D eigenvalue weighted by molar-refractivity contribution is 6.30. The summed E-state index contributed by atoms with van der Waals surface area (Å²) in [5, 5.41) is 6.12. The molecule has 2 aromatic rings. The van der Waals surface area contributed by atoms with Crippen LogP contribution in [0.15, 0.2) is 48.5 Å². The van der Waals surface area contributed by atoms with Crippen LogP contribution in [0.1, 0.15) is 36.6 Å².